The molecule has 67 heavy (non-hydrogen) atoms. The summed E-state index contributed by atoms with van der Waals surface area (Å²) < 4.78 is 27.2. The number of ketones is 1. The lowest BCUT2D eigenvalue weighted by atomic mass is 9.86. The summed E-state index contributed by atoms with van der Waals surface area (Å²) in [6.07, 6.45) is 14.3. The standard InChI is InChI=1S/C28H42ClN3O5.C14H28N2O3.C7H13NO.2CH4/c1-35-24-16-21(30)15-22(29)28(24)23(33)14-20-9-13-31(17-25(20)36-2)10-5-3-4-6-27(34)37-26-18-32-11-7-19(26)8-12-32;1-3-19-14(17)7-5-4-6-9-16-10-8-12(15)13(11-16)18-2;9-7-5-8-3-1-6(7)2-4-8;;/h15-16,19-20,25-26H,3-14,17-18,30H2,1-2H3;12-13H,3-11,15H2,1-2H3;6-7,9H,1-5H2;2*1H4/t20-,25-,26?;12-,13+;7-;;/m010../s1. The Morgan fingerprint density at radius 1 is 0.701 bits per heavy atom. The average Bonchev–Trinajstić information content (AvgIpc) is 3.30. The van der Waals surface area contributed by atoms with Crippen molar-refractivity contribution in [2.45, 2.75) is 149 Å². The van der Waals surface area contributed by atoms with Crippen molar-refractivity contribution in [1.82, 2.24) is 19.6 Å². The lowest BCUT2D eigenvalue weighted by molar-refractivity contribution is -0.159. The van der Waals surface area contributed by atoms with Gasteiger partial charge in [0.15, 0.2) is 5.78 Å². The summed E-state index contributed by atoms with van der Waals surface area (Å²) in [5.41, 5.74) is 12.7. The van der Waals surface area contributed by atoms with Crippen LogP contribution in [0, 0.1) is 17.8 Å². The van der Waals surface area contributed by atoms with Crippen LogP contribution in [0.2, 0.25) is 5.02 Å². The number of aliphatic hydroxyl groups excluding tert-OH is 1. The molecule has 8 saturated heterocycles. The highest BCUT2D eigenvalue weighted by Gasteiger charge is 2.37. The van der Waals surface area contributed by atoms with E-state index in [2.05, 4.69) is 19.6 Å². The van der Waals surface area contributed by atoms with E-state index in [0.717, 1.165) is 130 Å². The SMILES string of the molecule is C.C.CCOC(=O)CCCCCN1CC[C@@H](N)[C@@H](OC)C1.COc1cc(N)cc(Cl)c1C(=O)C[C@@H]1CCN(CCCCCC(=O)OC2CN3CCC2CC3)C[C@@H]1OC.O[C@H]1CN2CCC1CC2. The molecule has 8 fully saturated rings. The number of unbranched alkanes of at least 4 members (excludes halogenated alkanes) is 4. The number of halogens is 1. The van der Waals surface area contributed by atoms with Crippen LogP contribution in [0.25, 0.3) is 0 Å². The van der Waals surface area contributed by atoms with E-state index in [1.807, 2.05) is 6.92 Å². The molecule has 386 valence electrons. The summed E-state index contributed by atoms with van der Waals surface area (Å²) in [6, 6.07) is 3.39. The minimum atomic E-state index is -0.0779. The minimum Gasteiger partial charge on any atom is -0.496 e. The van der Waals surface area contributed by atoms with Crippen LogP contribution in [0.3, 0.4) is 0 Å². The van der Waals surface area contributed by atoms with Gasteiger partial charge in [-0.1, -0.05) is 39.3 Å². The molecular weight excluding hydrogens is 876 g/mol. The second kappa shape index (κ2) is 30.9. The van der Waals surface area contributed by atoms with Crippen molar-refractivity contribution in [1.29, 1.82) is 0 Å². The molecule has 1 aromatic carbocycles. The zero-order valence-corrected chi connectivity index (χ0v) is 40.9. The molecule has 5 N–H and O–H groups in total. The van der Waals surface area contributed by atoms with Crippen LogP contribution in [-0.2, 0) is 28.5 Å². The van der Waals surface area contributed by atoms with E-state index in [-0.39, 0.29) is 69.0 Å². The second-order valence-corrected chi connectivity index (χ2v) is 19.6. The normalized spacial score (nSPS) is 28.9. The Labute approximate surface area is 409 Å². The van der Waals surface area contributed by atoms with E-state index in [1.165, 1.54) is 33.0 Å². The van der Waals surface area contributed by atoms with Gasteiger partial charge in [0.1, 0.15) is 11.9 Å². The molecule has 15 nitrogen and oxygen atoms in total. The van der Waals surface area contributed by atoms with Crippen molar-refractivity contribution in [2.24, 2.45) is 23.5 Å². The molecule has 0 amide bonds. The van der Waals surface area contributed by atoms with Crippen LogP contribution >= 0.6 is 11.6 Å². The molecule has 8 heterocycles. The number of esters is 2. The highest BCUT2D eigenvalue weighted by molar-refractivity contribution is 6.34. The highest BCUT2D eigenvalue weighted by Crippen LogP contribution is 2.34. The van der Waals surface area contributed by atoms with Gasteiger partial charge >= 0.3 is 11.9 Å². The Morgan fingerprint density at radius 3 is 1.78 bits per heavy atom. The number of likely N-dealkylation sites (tertiary alicyclic amines) is 2. The van der Waals surface area contributed by atoms with E-state index in [9.17, 15) is 19.5 Å². The number of carbonyl (C=O) groups excluding carboxylic acids is 3. The number of ether oxygens (including phenoxy) is 5. The smallest absolute Gasteiger partial charge is 0.306 e. The zero-order chi connectivity index (χ0) is 46.7. The molecule has 1 aromatic rings. The maximum atomic E-state index is 13.1. The van der Waals surface area contributed by atoms with Crippen molar-refractivity contribution in [3.63, 3.8) is 0 Å². The van der Waals surface area contributed by atoms with E-state index >= 15 is 0 Å². The first-order valence-electron chi connectivity index (χ1n) is 24.8. The number of nitrogens with zero attached hydrogens (tertiary/aromatic N) is 4. The first kappa shape index (κ1) is 58.7. The Morgan fingerprint density at radius 2 is 1.27 bits per heavy atom. The van der Waals surface area contributed by atoms with Gasteiger partial charge < -0.3 is 55.0 Å². The van der Waals surface area contributed by atoms with Crippen LogP contribution in [0.4, 0.5) is 5.69 Å². The number of hydrogen-bond acceptors (Lipinski definition) is 15. The van der Waals surface area contributed by atoms with Gasteiger partial charge in [0, 0.05) is 77.5 Å². The third-order valence-electron chi connectivity index (χ3n) is 14.6. The van der Waals surface area contributed by atoms with Crippen molar-refractivity contribution in [2.75, 3.05) is 112 Å². The fourth-order valence-corrected chi connectivity index (χ4v) is 10.9. The summed E-state index contributed by atoms with van der Waals surface area (Å²) in [6.45, 7) is 14.7. The molecule has 8 aliphatic rings. The summed E-state index contributed by atoms with van der Waals surface area (Å²) in [5.74, 6) is 1.56. The fourth-order valence-electron chi connectivity index (χ4n) is 10.6. The number of benzene rings is 1. The largest absolute Gasteiger partial charge is 0.496 e. The van der Waals surface area contributed by atoms with Crippen LogP contribution in [0.1, 0.15) is 128 Å². The predicted molar refractivity (Wildman–Crippen MR) is 268 cm³/mol. The Bertz CT molecular complexity index is 1600. The number of nitrogen functional groups attached to an aromatic ring is 1. The monoisotopic (exact) mass is 967 g/mol. The summed E-state index contributed by atoms with van der Waals surface area (Å²) in [5, 5.41) is 9.68. The van der Waals surface area contributed by atoms with Crippen LogP contribution in [0.5, 0.6) is 5.75 Å². The van der Waals surface area contributed by atoms with Crippen molar-refractivity contribution >= 4 is 35.0 Å². The van der Waals surface area contributed by atoms with E-state index in [1.54, 1.807) is 26.4 Å². The lowest BCUT2D eigenvalue weighted by Crippen LogP contribution is -2.51. The minimum absolute atomic E-state index is 0. The van der Waals surface area contributed by atoms with Gasteiger partial charge in [-0.05, 0) is 147 Å². The van der Waals surface area contributed by atoms with Gasteiger partial charge in [0.05, 0.1) is 42.6 Å². The quantitative estimate of drug-likeness (QED) is 0.0554. The maximum Gasteiger partial charge on any atom is 0.306 e. The van der Waals surface area contributed by atoms with Gasteiger partial charge in [-0.2, -0.15) is 0 Å². The van der Waals surface area contributed by atoms with E-state index in [4.69, 9.17) is 46.8 Å². The average molecular weight is 968 g/mol. The molecule has 0 radical (unpaired) electrons. The number of methoxy groups -OCH3 is 3. The molecule has 16 heteroatoms. The lowest BCUT2D eigenvalue weighted by Gasteiger charge is -2.43. The number of anilines is 1. The number of fused-ring (bicyclic) bond motifs is 6. The molecule has 6 atom stereocenters. The molecule has 0 aromatic heterocycles. The molecule has 4 bridgehead atoms. The summed E-state index contributed by atoms with van der Waals surface area (Å²) >= 11 is 6.33. The fraction of sp³-hybridized carbons (Fsp3) is 0.824. The topological polar surface area (TPSA) is 183 Å². The Hall–Kier alpha value is -2.60. The van der Waals surface area contributed by atoms with Crippen LogP contribution < -0.4 is 16.2 Å². The molecular formula is C51H91ClN6O9. The van der Waals surface area contributed by atoms with Crippen LogP contribution in [0.15, 0.2) is 12.1 Å². The van der Waals surface area contributed by atoms with Gasteiger partial charge in [0.25, 0.3) is 0 Å². The van der Waals surface area contributed by atoms with Gasteiger partial charge in [-0.25, -0.2) is 0 Å². The van der Waals surface area contributed by atoms with E-state index in [0.29, 0.717) is 59.7 Å². The van der Waals surface area contributed by atoms with Gasteiger partial charge in [-0.3, -0.25) is 19.3 Å². The number of nitrogens with two attached hydrogens (primary N) is 2. The number of rotatable bonds is 20. The molecule has 8 aliphatic heterocycles. The molecule has 0 spiro atoms. The Balaban J connectivity index is 0.000000328. The van der Waals surface area contributed by atoms with Crippen molar-refractivity contribution < 1.29 is 43.2 Å². The maximum absolute atomic E-state index is 13.1. The third kappa shape index (κ3) is 18.9. The number of carbonyl (C=O) groups is 3. The number of piperidine rings is 8. The third-order valence-corrected chi connectivity index (χ3v) is 14.9. The van der Waals surface area contributed by atoms with Gasteiger partial charge in [-0.15, -0.1) is 0 Å². The van der Waals surface area contributed by atoms with Gasteiger partial charge in [0.2, 0.25) is 0 Å². The van der Waals surface area contributed by atoms with Crippen molar-refractivity contribution in [3.05, 3.63) is 22.7 Å². The first-order chi connectivity index (χ1) is 31.4. The number of aliphatic hydroxyl groups is 1. The molecule has 9 rings (SSSR count). The predicted octanol–water partition coefficient (Wildman–Crippen LogP) is 6.54. The van der Waals surface area contributed by atoms with Crippen LogP contribution in [-0.4, -0.2) is 179 Å². The highest BCUT2D eigenvalue weighted by atomic mass is 35.5. The number of hydrogen-bond donors (Lipinski definition) is 3. The summed E-state index contributed by atoms with van der Waals surface area (Å²) in [4.78, 5) is 46.2. The molecule has 0 saturated carbocycles. The number of Topliss-reactive ketones (excluding diaryl/α,β-unsaturated/α-hetero) is 1. The first-order valence-corrected chi connectivity index (χ1v) is 25.2. The summed E-state index contributed by atoms with van der Waals surface area (Å²) in [7, 11) is 4.95. The van der Waals surface area contributed by atoms with Crippen molar-refractivity contribution in [3.8, 4) is 5.75 Å². The molecule has 1 unspecified atom stereocenters. The van der Waals surface area contributed by atoms with E-state index < -0.39 is 0 Å². The zero-order valence-electron chi connectivity index (χ0n) is 40.1. The molecule has 0 aliphatic carbocycles. The second-order valence-electron chi connectivity index (χ2n) is 19.2. The Kier molecular flexibility index (Phi) is 27.1.